The number of hydrogen-bond acceptors (Lipinski definition) is 2. The molecule has 100 valence electrons. The third kappa shape index (κ3) is 3.82. The molecule has 0 heterocycles. The molecule has 2 nitrogen and oxygen atoms in total. The maximum atomic E-state index is 10.6. The highest BCUT2D eigenvalue weighted by Gasteiger charge is 2.32. The summed E-state index contributed by atoms with van der Waals surface area (Å²) >= 11 is 0. The average molecular weight is 247 g/mol. The number of nitrogens with one attached hydrogen (secondary N) is 1. The van der Waals surface area contributed by atoms with Gasteiger partial charge in [0.05, 0.1) is 5.60 Å². The van der Waals surface area contributed by atoms with Gasteiger partial charge in [0.15, 0.2) is 0 Å². The van der Waals surface area contributed by atoms with Crippen LogP contribution < -0.4 is 5.32 Å². The maximum Gasteiger partial charge on any atom is 0.0771 e. The second kappa shape index (κ2) is 6.35. The van der Waals surface area contributed by atoms with Crippen molar-refractivity contribution < 1.29 is 5.11 Å². The van der Waals surface area contributed by atoms with Crippen LogP contribution in [-0.4, -0.2) is 17.3 Å². The topological polar surface area (TPSA) is 32.3 Å². The molecule has 1 atom stereocenters. The Morgan fingerprint density at radius 3 is 2.50 bits per heavy atom. The lowest BCUT2D eigenvalue weighted by molar-refractivity contribution is -0.0154. The first-order valence-electron chi connectivity index (χ1n) is 7.15. The SMILES string of the molecule is C[C@@](O)(CNCc1ccccc1)C1CCCCC1. The van der Waals surface area contributed by atoms with Gasteiger partial charge < -0.3 is 10.4 Å². The molecule has 2 N–H and O–H groups in total. The lowest BCUT2D eigenvalue weighted by Gasteiger charge is -2.35. The Bertz CT molecular complexity index is 341. The molecule has 18 heavy (non-hydrogen) atoms. The zero-order chi connectivity index (χ0) is 12.8. The monoisotopic (exact) mass is 247 g/mol. The highest BCUT2D eigenvalue weighted by Crippen LogP contribution is 2.32. The molecule has 0 aliphatic heterocycles. The minimum Gasteiger partial charge on any atom is -0.389 e. The van der Waals surface area contributed by atoms with Gasteiger partial charge in [-0.3, -0.25) is 0 Å². The van der Waals surface area contributed by atoms with Crippen molar-refractivity contribution in [1.82, 2.24) is 5.32 Å². The van der Waals surface area contributed by atoms with E-state index in [2.05, 4.69) is 29.6 Å². The van der Waals surface area contributed by atoms with Gasteiger partial charge in [-0.15, -0.1) is 0 Å². The van der Waals surface area contributed by atoms with E-state index < -0.39 is 5.60 Å². The number of rotatable bonds is 5. The molecule has 0 aromatic heterocycles. The minimum atomic E-state index is -0.560. The van der Waals surface area contributed by atoms with E-state index in [1.165, 1.54) is 37.7 Å². The van der Waals surface area contributed by atoms with Crippen molar-refractivity contribution >= 4 is 0 Å². The fourth-order valence-corrected chi connectivity index (χ4v) is 2.92. The third-order valence-electron chi connectivity index (χ3n) is 4.14. The van der Waals surface area contributed by atoms with Crippen LogP contribution in [0, 0.1) is 5.92 Å². The Kier molecular flexibility index (Phi) is 4.79. The summed E-state index contributed by atoms with van der Waals surface area (Å²) in [7, 11) is 0. The van der Waals surface area contributed by atoms with Crippen LogP contribution in [0.25, 0.3) is 0 Å². The summed E-state index contributed by atoms with van der Waals surface area (Å²) in [6.07, 6.45) is 6.25. The molecular formula is C16H25NO. The lowest BCUT2D eigenvalue weighted by Crippen LogP contribution is -2.44. The Labute approximate surface area is 110 Å². The molecule has 1 aromatic rings. The number of aliphatic hydroxyl groups is 1. The first-order chi connectivity index (χ1) is 8.68. The second-order valence-corrected chi connectivity index (χ2v) is 5.78. The van der Waals surface area contributed by atoms with E-state index >= 15 is 0 Å². The lowest BCUT2D eigenvalue weighted by atomic mass is 9.78. The Morgan fingerprint density at radius 2 is 1.83 bits per heavy atom. The van der Waals surface area contributed by atoms with Crippen LogP contribution in [0.15, 0.2) is 30.3 Å². The molecule has 1 aliphatic rings. The Balaban J connectivity index is 1.77. The quantitative estimate of drug-likeness (QED) is 0.838. The van der Waals surface area contributed by atoms with Gasteiger partial charge in [0.25, 0.3) is 0 Å². The van der Waals surface area contributed by atoms with Crippen molar-refractivity contribution in [3.05, 3.63) is 35.9 Å². The normalized spacial score (nSPS) is 20.6. The molecule has 1 saturated carbocycles. The zero-order valence-electron chi connectivity index (χ0n) is 11.4. The smallest absolute Gasteiger partial charge is 0.0771 e. The number of benzene rings is 1. The molecule has 0 saturated heterocycles. The molecule has 0 amide bonds. The Hall–Kier alpha value is -0.860. The van der Waals surface area contributed by atoms with E-state index in [1.54, 1.807) is 0 Å². The summed E-state index contributed by atoms with van der Waals surface area (Å²) in [5, 5.41) is 13.9. The highest BCUT2D eigenvalue weighted by atomic mass is 16.3. The summed E-state index contributed by atoms with van der Waals surface area (Å²) in [5.41, 5.74) is 0.715. The van der Waals surface area contributed by atoms with Gasteiger partial charge in [-0.05, 0) is 31.2 Å². The maximum absolute atomic E-state index is 10.6. The molecule has 1 aromatic carbocycles. The summed E-state index contributed by atoms with van der Waals surface area (Å²) in [4.78, 5) is 0. The predicted molar refractivity (Wildman–Crippen MR) is 75.3 cm³/mol. The van der Waals surface area contributed by atoms with Gasteiger partial charge in [-0.1, -0.05) is 49.6 Å². The van der Waals surface area contributed by atoms with Gasteiger partial charge >= 0.3 is 0 Å². The summed E-state index contributed by atoms with van der Waals surface area (Å²) < 4.78 is 0. The van der Waals surface area contributed by atoms with E-state index in [0.717, 1.165) is 6.54 Å². The fraction of sp³-hybridized carbons (Fsp3) is 0.625. The van der Waals surface area contributed by atoms with Crippen LogP contribution in [0.4, 0.5) is 0 Å². The van der Waals surface area contributed by atoms with E-state index in [0.29, 0.717) is 12.5 Å². The van der Waals surface area contributed by atoms with Crippen LogP contribution in [0.5, 0.6) is 0 Å². The van der Waals surface area contributed by atoms with Crippen LogP contribution in [-0.2, 0) is 6.54 Å². The predicted octanol–water partition coefficient (Wildman–Crippen LogP) is 3.11. The van der Waals surface area contributed by atoms with Crippen LogP contribution in [0.2, 0.25) is 0 Å². The van der Waals surface area contributed by atoms with Crippen molar-refractivity contribution in [3.63, 3.8) is 0 Å². The molecule has 1 fully saturated rings. The van der Waals surface area contributed by atoms with Crippen molar-refractivity contribution in [1.29, 1.82) is 0 Å². The first-order valence-corrected chi connectivity index (χ1v) is 7.15. The number of hydrogen-bond donors (Lipinski definition) is 2. The van der Waals surface area contributed by atoms with Crippen molar-refractivity contribution in [2.75, 3.05) is 6.54 Å². The molecule has 0 unspecified atom stereocenters. The van der Waals surface area contributed by atoms with Crippen LogP contribution >= 0.6 is 0 Å². The first kappa shape index (κ1) is 13.6. The molecule has 1 aliphatic carbocycles. The molecule has 0 bridgehead atoms. The van der Waals surface area contributed by atoms with Crippen molar-refractivity contribution in [2.24, 2.45) is 5.92 Å². The van der Waals surface area contributed by atoms with E-state index in [4.69, 9.17) is 0 Å². The van der Waals surface area contributed by atoms with Crippen LogP contribution in [0.3, 0.4) is 0 Å². The van der Waals surface area contributed by atoms with Gasteiger partial charge in [0.1, 0.15) is 0 Å². The standard InChI is InChI=1S/C16H25NO/c1-16(18,15-10-6-3-7-11-15)13-17-12-14-8-4-2-5-9-14/h2,4-5,8-9,15,17-18H,3,6-7,10-13H2,1H3/t16-/m1/s1. The van der Waals surface area contributed by atoms with E-state index in [1.807, 2.05) is 13.0 Å². The summed E-state index contributed by atoms with van der Waals surface area (Å²) in [6, 6.07) is 10.4. The third-order valence-corrected chi connectivity index (χ3v) is 4.14. The second-order valence-electron chi connectivity index (χ2n) is 5.78. The molecular weight excluding hydrogens is 222 g/mol. The zero-order valence-corrected chi connectivity index (χ0v) is 11.4. The van der Waals surface area contributed by atoms with Crippen molar-refractivity contribution in [3.8, 4) is 0 Å². The van der Waals surface area contributed by atoms with E-state index in [-0.39, 0.29) is 0 Å². The molecule has 0 spiro atoms. The van der Waals surface area contributed by atoms with Gasteiger partial charge in [0.2, 0.25) is 0 Å². The van der Waals surface area contributed by atoms with Crippen molar-refractivity contribution in [2.45, 2.75) is 51.2 Å². The minimum absolute atomic E-state index is 0.467. The van der Waals surface area contributed by atoms with Gasteiger partial charge in [-0.25, -0.2) is 0 Å². The summed E-state index contributed by atoms with van der Waals surface area (Å²) in [6.45, 7) is 3.51. The fourth-order valence-electron chi connectivity index (χ4n) is 2.92. The van der Waals surface area contributed by atoms with E-state index in [9.17, 15) is 5.11 Å². The molecule has 0 radical (unpaired) electrons. The van der Waals surface area contributed by atoms with Gasteiger partial charge in [-0.2, -0.15) is 0 Å². The largest absolute Gasteiger partial charge is 0.389 e. The molecule has 2 rings (SSSR count). The van der Waals surface area contributed by atoms with Crippen LogP contribution in [0.1, 0.15) is 44.6 Å². The Morgan fingerprint density at radius 1 is 1.17 bits per heavy atom. The average Bonchev–Trinajstić information content (AvgIpc) is 2.41. The highest BCUT2D eigenvalue weighted by molar-refractivity contribution is 5.14. The molecule has 2 heteroatoms. The van der Waals surface area contributed by atoms with Gasteiger partial charge in [0, 0.05) is 13.1 Å². The summed E-state index contributed by atoms with van der Waals surface area (Å²) in [5.74, 6) is 0.467.